The van der Waals surface area contributed by atoms with Crippen LogP contribution >= 0.6 is 12.4 Å². The van der Waals surface area contributed by atoms with Crippen molar-refractivity contribution in [2.75, 3.05) is 31.1 Å². The maximum atomic E-state index is 13.2. The molecule has 78 valence electrons. The van der Waals surface area contributed by atoms with Gasteiger partial charge in [-0.1, -0.05) is 0 Å². The summed E-state index contributed by atoms with van der Waals surface area (Å²) in [6, 6.07) is 3.54. The summed E-state index contributed by atoms with van der Waals surface area (Å²) in [5.41, 5.74) is 0.615. The lowest BCUT2D eigenvalue weighted by molar-refractivity contribution is 0.548. The summed E-state index contributed by atoms with van der Waals surface area (Å²) >= 11 is 0. The van der Waals surface area contributed by atoms with Crippen LogP contribution in [0.3, 0.4) is 0 Å². The van der Waals surface area contributed by atoms with Crippen molar-refractivity contribution in [1.82, 2.24) is 10.3 Å². The zero-order valence-electron chi connectivity index (χ0n) is 7.74. The van der Waals surface area contributed by atoms with Crippen LogP contribution in [0.15, 0.2) is 18.3 Å². The van der Waals surface area contributed by atoms with Gasteiger partial charge in [-0.05, 0) is 12.1 Å². The zero-order valence-corrected chi connectivity index (χ0v) is 8.56. The molecule has 0 unspecified atom stereocenters. The van der Waals surface area contributed by atoms with Crippen molar-refractivity contribution in [3.63, 3.8) is 0 Å². The molecule has 0 saturated carbocycles. The highest BCUT2D eigenvalue weighted by atomic mass is 35.5. The SMILES string of the molecule is Cl.Fc1ncccc1N1CCNCC1. The van der Waals surface area contributed by atoms with Crippen molar-refractivity contribution < 1.29 is 4.39 Å². The molecule has 1 N–H and O–H groups in total. The minimum Gasteiger partial charge on any atom is -0.365 e. The Kier molecular flexibility index (Phi) is 4.10. The Balaban J connectivity index is 0.000000980. The summed E-state index contributed by atoms with van der Waals surface area (Å²) in [4.78, 5) is 5.64. The highest BCUT2D eigenvalue weighted by Crippen LogP contribution is 2.16. The van der Waals surface area contributed by atoms with Gasteiger partial charge in [-0.2, -0.15) is 4.39 Å². The lowest BCUT2D eigenvalue weighted by Crippen LogP contribution is -2.43. The topological polar surface area (TPSA) is 28.2 Å². The van der Waals surface area contributed by atoms with E-state index in [4.69, 9.17) is 0 Å². The van der Waals surface area contributed by atoms with Crippen molar-refractivity contribution in [3.05, 3.63) is 24.3 Å². The van der Waals surface area contributed by atoms with Crippen LogP contribution in [-0.4, -0.2) is 31.2 Å². The van der Waals surface area contributed by atoms with Crippen LogP contribution in [0, 0.1) is 5.95 Å². The summed E-state index contributed by atoms with van der Waals surface area (Å²) < 4.78 is 13.2. The summed E-state index contributed by atoms with van der Waals surface area (Å²) in [5, 5.41) is 3.22. The average Bonchev–Trinajstić information content (AvgIpc) is 2.20. The van der Waals surface area contributed by atoms with E-state index in [0.717, 1.165) is 26.2 Å². The molecule has 1 aromatic heterocycles. The predicted molar refractivity (Wildman–Crippen MR) is 56.5 cm³/mol. The van der Waals surface area contributed by atoms with Crippen molar-refractivity contribution in [3.8, 4) is 0 Å². The Morgan fingerprint density at radius 3 is 2.71 bits per heavy atom. The number of anilines is 1. The summed E-state index contributed by atoms with van der Waals surface area (Å²) in [6.45, 7) is 3.52. The first-order chi connectivity index (χ1) is 6.38. The standard InChI is InChI=1S/C9H12FN3.ClH/c10-9-8(2-1-3-12-9)13-6-4-11-5-7-13;/h1-3,11H,4-7H2;1H. The number of aromatic nitrogens is 1. The first-order valence-corrected chi connectivity index (χ1v) is 4.44. The van der Waals surface area contributed by atoms with Crippen LogP contribution in [0.1, 0.15) is 0 Å². The van der Waals surface area contributed by atoms with Crippen molar-refractivity contribution >= 4 is 18.1 Å². The van der Waals surface area contributed by atoms with Crippen molar-refractivity contribution in [1.29, 1.82) is 0 Å². The molecule has 2 heterocycles. The number of nitrogens with zero attached hydrogens (tertiary/aromatic N) is 2. The lowest BCUT2D eigenvalue weighted by atomic mass is 10.3. The molecule has 1 saturated heterocycles. The van der Waals surface area contributed by atoms with Crippen LogP contribution in [0.4, 0.5) is 10.1 Å². The zero-order chi connectivity index (χ0) is 9.10. The van der Waals surface area contributed by atoms with Crippen molar-refractivity contribution in [2.45, 2.75) is 0 Å². The van der Waals surface area contributed by atoms with Gasteiger partial charge in [-0.15, -0.1) is 12.4 Å². The van der Waals surface area contributed by atoms with Gasteiger partial charge in [0.15, 0.2) is 0 Å². The minimum absolute atomic E-state index is 0. The van der Waals surface area contributed by atoms with E-state index in [9.17, 15) is 4.39 Å². The molecule has 1 aliphatic rings. The fourth-order valence-electron chi connectivity index (χ4n) is 1.52. The summed E-state index contributed by atoms with van der Waals surface area (Å²) in [7, 11) is 0. The number of piperazine rings is 1. The van der Waals surface area contributed by atoms with E-state index in [1.54, 1.807) is 12.1 Å². The van der Waals surface area contributed by atoms with Gasteiger partial charge >= 0.3 is 0 Å². The lowest BCUT2D eigenvalue weighted by Gasteiger charge is -2.29. The molecule has 1 aromatic rings. The normalized spacial score (nSPS) is 16.2. The highest BCUT2D eigenvalue weighted by Gasteiger charge is 2.13. The number of hydrogen-bond donors (Lipinski definition) is 1. The van der Waals surface area contributed by atoms with Crippen molar-refractivity contribution in [2.24, 2.45) is 0 Å². The molecular weight excluding hydrogens is 205 g/mol. The van der Waals surface area contributed by atoms with Gasteiger partial charge in [0.2, 0.25) is 5.95 Å². The molecule has 0 atom stereocenters. The number of hydrogen-bond acceptors (Lipinski definition) is 3. The monoisotopic (exact) mass is 217 g/mol. The molecule has 0 aromatic carbocycles. The van der Waals surface area contributed by atoms with Crippen LogP contribution in [-0.2, 0) is 0 Å². The third-order valence-corrected chi connectivity index (χ3v) is 2.20. The third kappa shape index (κ3) is 2.33. The average molecular weight is 218 g/mol. The van der Waals surface area contributed by atoms with Crippen LogP contribution in [0.2, 0.25) is 0 Å². The number of pyridine rings is 1. The van der Waals surface area contributed by atoms with E-state index < -0.39 is 0 Å². The molecule has 14 heavy (non-hydrogen) atoms. The molecule has 0 bridgehead atoms. The van der Waals surface area contributed by atoms with Gasteiger partial charge < -0.3 is 10.2 Å². The quantitative estimate of drug-likeness (QED) is 0.713. The van der Waals surface area contributed by atoms with E-state index in [0.29, 0.717) is 5.69 Å². The molecular formula is C9H13ClFN3. The molecule has 0 amide bonds. The van der Waals surface area contributed by atoms with E-state index in [-0.39, 0.29) is 18.4 Å². The Morgan fingerprint density at radius 1 is 1.36 bits per heavy atom. The molecule has 2 rings (SSSR count). The molecule has 1 aliphatic heterocycles. The van der Waals surface area contributed by atoms with Gasteiger partial charge in [0.05, 0.1) is 5.69 Å². The fourth-order valence-corrected chi connectivity index (χ4v) is 1.52. The molecule has 0 radical (unpaired) electrons. The molecule has 0 spiro atoms. The van der Waals surface area contributed by atoms with E-state index in [1.165, 1.54) is 6.20 Å². The van der Waals surface area contributed by atoms with Crippen LogP contribution in [0.5, 0.6) is 0 Å². The van der Waals surface area contributed by atoms with Gasteiger partial charge in [-0.3, -0.25) is 0 Å². The number of halogens is 2. The Bertz CT molecular complexity index is 289. The largest absolute Gasteiger partial charge is 0.365 e. The van der Waals surface area contributed by atoms with Gasteiger partial charge in [0, 0.05) is 32.4 Å². The van der Waals surface area contributed by atoms with Crippen LogP contribution in [0.25, 0.3) is 0 Å². The first-order valence-electron chi connectivity index (χ1n) is 4.44. The minimum atomic E-state index is -0.371. The van der Waals surface area contributed by atoms with Gasteiger partial charge in [0.1, 0.15) is 0 Å². The van der Waals surface area contributed by atoms with E-state index in [2.05, 4.69) is 10.3 Å². The van der Waals surface area contributed by atoms with E-state index in [1.807, 2.05) is 4.90 Å². The second-order valence-electron chi connectivity index (χ2n) is 3.05. The smallest absolute Gasteiger partial charge is 0.236 e. The number of rotatable bonds is 1. The molecule has 0 aliphatic carbocycles. The second kappa shape index (κ2) is 5.12. The maximum Gasteiger partial charge on any atom is 0.236 e. The van der Waals surface area contributed by atoms with E-state index >= 15 is 0 Å². The van der Waals surface area contributed by atoms with Gasteiger partial charge in [-0.25, -0.2) is 4.98 Å². The van der Waals surface area contributed by atoms with Gasteiger partial charge in [0.25, 0.3) is 0 Å². The summed E-state index contributed by atoms with van der Waals surface area (Å²) in [5.74, 6) is -0.371. The first kappa shape index (κ1) is 11.2. The Labute approximate surface area is 88.7 Å². The maximum absolute atomic E-state index is 13.2. The molecule has 5 heteroatoms. The highest BCUT2D eigenvalue weighted by molar-refractivity contribution is 5.85. The third-order valence-electron chi connectivity index (χ3n) is 2.20. The predicted octanol–water partition coefficient (Wildman–Crippen LogP) is 1.05. The number of nitrogens with one attached hydrogen (secondary N) is 1. The second-order valence-corrected chi connectivity index (χ2v) is 3.05. The Hall–Kier alpha value is -0.870. The molecule has 3 nitrogen and oxygen atoms in total. The fraction of sp³-hybridized carbons (Fsp3) is 0.444. The summed E-state index contributed by atoms with van der Waals surface area (Å²) in [6.07, 6.45) is 1.47. The Morgan fingerprint density at radius 2 is 2.07 bits per heavy atom. The molecule has 1 fully saturated rings. The van der Waals surface area contributed by atoms with Crippen LogP contribution < -0.4 is 10.2 Å².